The third kappa shape index (κ3) is 3.79. The highest BCUT2D eigenvalue weighted by Crippen LogP contribution is 2.24. The van der Waals surface area contributed by atoms with Gasteiger partial charge in [0.2, 0.25) is 0 Å². The highest BCUT2D eigenvalue weighted by atomic mass is 16.5. The molecule has 0 amide bonds. The minimum Gasteiger partial charge on any atom is -0.497 e. The quantitative estimate of drug-likeness (QED) is 0.890. The smallest absolute Gasteiger partial charge is 0.311 e. The monoisotopic (exact) mass is 299 g/mol. The van der Waals surface area contributed by atoms with E-state index in [1.54, 1.807) is 19.2 Å². The fraction of sp³-hybridized carbons (Fsp3) is 0.278. The van der Waals surface area contributed by atoms with E-state index in [4.69, 9.17) is 4.74 Å². The molecule has 2 aromatic rings. The van der Waals surface area contributed by atoms with E-state index in [9.17, 15) is 9.90 Å². The maximum atomic E-state index is 11.6. The molecule has 0 heterocycles. The Labute approximate surface area is 131 Å². The molecule has 2 rings (SSSR count). The molecule has 4 nitrogen and oxygen atoms in total. The molecule has 4 heteroatoms. The lowest BCUT2D eigenvalue weighted by molar-refractivity contribution is -0.138. The van der Waals surface area contributed by atoms with Crippen molar-refractivity contribution < 1.29 is 14.6 Å². The lowest BCUT2D eigenvalue weighted by Crippen LogP contribution is -2.14. The van der Waals surface area contributed by atoms with Crippen LogP contribution in [0.1, 0.15) is 17.0 Å². The van der Waals surface area contributed by atoms with E-state index < -0.39 is 11.9 Å². The number of hydrogen-bond donors (Lipinski definition) is 1. The summed E-state index contributed by atoms with van der Waals surface area (Å²) in [6, 6.07) is 15.2. The van der Waals surface area contributed by atoms with E-state index in [0.717, 1.165) is 22.6 Å². The molecule has 1 N–H and O–H groups in total. The molecule has 116 valence electrons. The van der Waals surface area contributed by atoms with Gasteiger partial charge in [-0.05, 0) is 41.8 Å². The van der Waals surface area contributed by atoms with Gasteiger partial charge in [-0.25, -0.2) is 0 Å². The summed E-state index contributed by atoms with van der Waals surface area (Å²) in [5.41, 5.74) is 2.89. The first kappa shape index (κ1) is 15.9. The molecule has 1 unspecified atom stereocenters. The fourth-order valence-corrected chi connectivity index (χ4v) is 2.35. The summed E-state index contributed by atoms with van der Waals surface area (Å²) in [6.07, 6.45) is 0.468. The van der Waals surface area contributed by atoms with Gasteiger partial charge in [0, 0.05) is 19.8 Å². The lowest BCUT2D eigenvalue weighted by Gasteiger charge is -2.15. The molecule has 0 bridgehead atoms. The molecule has 0 aliphatic heterocycles. The van der Waals surface area contributed by atoms with Gasteiger partial charge in [0.05, 0.1) is 13.0 Å². The molecule has 0 fully saturated rings. The summed E-state index contributed by atoms with van der Waals surface area (Å²) in [7, 11) is 5.55. The molecule has 0 saturated heterocycles. The van der Waals surface area contributed by atoms with Crippen molar-refractivity contribution in [2.75, 3.05) is 26.1 Å². The molecular formula is C18H21NO3. The fourth-order valence-electron chi connectivity index (χ4n) is 2.35. The number of nitrogens with zero attached hydrogens (tertiary/aromatic N) is 1. The third-order valence-corrected chi connectivity index (χ3v) is 3.71. The Bertz CT molecular complexity index is 618. The highest BCUT2D eigenvalue weighted by Gasteiger charge is 2.20. The van der Waals surface area contributed by atoms with E-state index in [-0.39, 0.29) is 0 Å². The predicted molar refractivity (Wildman–Crippen MR) is 87.8 cm³/mol. The Morgan fingerprint density at radius 2 is 1.68 bits per heavy atom. The number of carboxylic acids is 1. The van der Waals surface area contributed by atoms with Crippen LogP contribution in [0, 0.1) is 0 Å². The Kier molecular flexibility index (Phi) is 5.04. The minimum atomic E-state index is -0.818. The molecule has 2 aromatic carbocycles. The zero-order valence-corrected chi connectivity index (χ0v) is 13.1. The number of methoxy groups -OCH3 is 1. The van der Waals surface area contributed by atoms with Crippen LogP contribution < -0.4 is 9.64 Å². The van der Waals surface area contributed by atoms with Crippen LogP contribution >= 0.6 is 0 Å². The average molecular weight is 299 g/mol. The van der Waals surface area contributed by atoms with Crippen molar-refractivity contribution in [2.45, 2.75) is 12.3 Å². The first-order valence-electron chi connectivity index (χ1n) is 7.14. The summed E-state index contributed by atoms with van der Waals surface area (Å²) >= 11 is 0. The maximum Gasteiger partial charge on any atom is 0.311 e. The number of ether oxygens (including phenoxy) is 1. The summed E-state index contributed by atoms with van der Waals surface area (Å²) in [6.45, 7) is 0. The summed E-state index contributed by atoms with van der Waals surface area (Å²) in [5, 5.41) is 9.52. The van der Waals surface area contributed by atoms with Crippen LogP contribution in [0.3, 0.4) is 0 Å². The molecule has 0 aromatic heterocycles. The second-order valence-corrected chi connectivity index (χ2v) is 5.43. The van der Waals surface area contributed by atoms with Crippen molar-refractivity contribution in [3.63, 3.8) is 0 Å². The Morgan fingerprint density at radius 3 is 2.14 bits per heavy atom. The number of carboxylic acid groups (broad SMARTS) is 1. The van der Waals surface area contributed by atoms with Crippen LogP contribution in [-0.2, 0) is 11.2 Å². The van der Waals surface area contributed by atoms with E-state index in [2.05, 4.69) is 0 Å². The predicted octanol–water partition coefficient (Wildman–Crippen LogP) is 3.17. The molecular weight excluding hydrogens is 278 g/mol. The van der Waals surface area contributed by atoms with Crippen molar-refractivity contribution in [2.24, 2.45) is 0 Å². The van der Waals surface area contributed by atoms with Crippen molar-refractivity contribution in [3.8, 4) is 5.75 Å². The standard InChI is InChI=1S/C18H21NO3/c1-19(2)15-8-4-13(5-9-15)12-17(18(20)21)14-6-10-16(22-3)11-7-14/h4-11,17H,12H2,1-3H3,(H,20,21). The maximum absolute atomic E-state index is 11.6. The van der Waals surface area contributed by atoms with Gasteiger partial charge in [-0.3, -0.25) is 4.79 Å². The minimum absolute atomic E-state index is 0.468. The molecule has 0 aliphatic carbocycles. The zero-order valence-electron chi connectivity index (χ0n) is 13.1. The van der Waals surface area contributed by atoms with Gasteiger partial charge in [0.15, 0.2) is 0 Å². The van der Waals surface area contributed by atoms with Crippen LogP contribution in [0.4, 0.5) is 5.69 Å². The number of anilines is 1. The zero-order chi connectivity index (χ0) is 16.1. The van der Waals surface area contributed by atoms with Crippen molar-refractivity contribution in [1.29, 1.82) is 0 Å². The Hall–Kier alpha value is -2.49. The van der Waals surface area contributed by atoms with E-state index in [0.29, 0.717) is 6.42 Å². The van der Waals surface area contributed by atoms with Crippen LogP contribution in [0.5, 0.6) is 5.75 Å². The Morgan fingerprint density at radius 1 is 1.09 bits per heavy atom. The second-order valence-electron chi connectivity index (χ2n) is 5.43. The van der Waals surface area contributed by atoms with Crippen LogP contribution in [0.2, 0.25) is 0 Å². The third-order valence-electron chi connectivity index (χ3n) is 3.71. The van der Waals surface area contributed by atoms with Crippen LogP contribution in [0.25, 0.3) is 0 Å². The average Bonchev–Trinajstić information content (AvgIpc) is 2.53. The summed E-state index contributed by atoms with van der Waals surface area (Å²) in [4.78, 5) is 13.6. The molecule has 0 radical (unpaired) electrons. The molecule has 22 heavy (non-hydrogen) atoms. The molecule has 0 aliphatic rings. The van der Waals surface area contributed by atoms with Crippen molar-refractivity contribution in [1.82, 2.24) is 0 Å². The van der Waals surface area contributed by atoms with Gasteiger partial charge >= 0.3 is 5.97 Å². The SMILES string of the molecule is COc1ccc(C(Cc2ccc(N(C)C)cc2)C(=O)O)cc1. The number of aliphatic carboxylic acids is 1. The summed E-state index contributed by atoms with van der Waals surface area (Å²) < 4.78 is 5.11. The van der Waals surface area contributed by atoms with Crippen LogP contribution in [0.15, 0.2) is 48.5 Å². The van der Waals surface area contributed by atoms with Gasteiger partial charge in [0.1, 0.15) is 5.75 Å². The van der Waals surface area contributed by atoms with Crippen molar-refractivity contribution >= 4 is 11.7 Å². The lowest BCUT2D eigenvalue weighted by atomic mass is 9.92. The number of benzene rings is 2. The van der Waals surface area contributed by atoms with Crippen molar-refractivity contribution in [3.05, 3.63) is 59.7 Å². The van der Waals surface area contributed by atoms with Gasteiger partial charge in [-0.2, -0.15) is 0 Å². The van der Waals surface area contributed by atoms with Gasteiger partial charge in [0.25, 0.3) is 0 Å². The van der Waals surface area contributed by atoms with Gasteiger partial charge in [-0.15, -0.1) is 0 Å². The molecule has 0 saturated carbocycles. The molecule has 0 spiro atoms. The number of rotatable bonds is 6. The highest BCUT2D eigenvalue weighted by molar-refractivity contribution is 5.76. The Balaban J connectivity index is 2.19. The van der Waals surface area contributed by atoms with E-state index >= 15 is 0 Å². The first-order chi connectivity index (χ1) is 10.5. The molecule has 1 atom stereocenters. The number of hydrogen-bond acceptors (Lipinski definition) is 3. The van der Waals surface area contributed by atoms with Gasteiger partial charge in [-0.1, -0.05) is 24.3 Å². The van der Waals surface area contributed by atoms with E-state index in [1.807, 2.05) is 55.4 Å². The normalized spacial score (nSPS) is 11.8. The van der Waals surface area contributed by atoms with Gasteiger partial charge < -0.3 is 14.7 Å². The second kappa shape index (κ2) is 6.98. The largest absolute Gasteiger partial charge is 0.497 e. The van der Waals surface area contributed by atoms with E-state index in [1.165, 1.54) is 0 Å². The first-order valence-corrected chi connectivity index (χ1v) is 7.14. The summed E-state index contributed by atoms with van der Waals surface area (Å²) in [5.74, 6) is -0.652. The van der Waals surface area contributed by atoms with Crippen LogP contribution in [-0.4, -0.2) is 32.3 Å². The topological polar surface area (TPSA) is 49.8 Å². The number of carbonyl (C=O) groups is 1.